The lowest BCUT2D eigenvalue weighted by Crippen LogP contribution is -2.16. The maximum Gasteiger partial charge on any atom is 0.573 e. The van der Waals surface area contributed by atoms with Crippen LogP contribution in [0.4, 0.5) is 26.3 Å². The third kappa shape index (κ3) is 3.23. The number of ether oxygens (including phenoxy) is 1. The molecular formula is C13H6F6O. The van der Waals surface area contributed by atoms with Crippen LogP contribution in [-0.2, 0) is 0 Å². The smallest absolute Gasteiger partial charge is 0.406 e. The molecule has 2 aromatic carbocycles. The summed E-state index contributed by atoms with van der Waals surface area (Å²) in [6.07, 6.45) is -4.85. The molecule has 2 rings (SSSR count). The SMILES string of the molecule is Fc1cc(F)c(-c2ccc(OC(F)(F)F)cc2)c(F)c1. The maximum atomic E-state index is 13.5. The standard InChI is InChI=1S/C13H6F6O/c14-8-5-10(15)12(11(16)6-8)7-1-3-9(4-2-7)20-13(17,18)19/h1-6H. The number of hydrogen-bond acceptors (Lipinski definition) is 1. The highest BCUT2D eigenvalue weighted by atomic mass is 19.4. The summed E-state index contributed by atoms with van der Waals surface area (Å²) in [6.45, 7) is 0. The molecule has 106 valence electrons. The molecule has 0 aliphatic heterocycles. The Balaban J connectivity index is 2.36. The van der Waals surface area contributed by atoms with Crippen LogP contribution in [0.25, 0.3) is 11.1 Å². The number of benzene rings is 2. The lowest BCUT2D eigenvalue weighted by atomic mass is 10.0. The number of hydrogen-bond donors (Lipinski definition) is 0. The Bertz CT molecular complexity index is 595. The van der Waals surface area contributed by atoms with E-state index >= 15 is 0 Å². The molecule has 0 heterocycles. The molecule has 0 unspecified atom stereocenters. The fourth-order valence-electron chi connectivity index (χ4n) is 1.64. The van der Waals surface area contributed by atoms with Crippen LogP contribution in [-0.4, -0.2) is 6.36 Å². The van der Waals surface area contributed by atoms with E-state index < -0.39 is 35.1 Å². The van der Waals surface area contributed by atoms with Crippen LogP contribution in [0.3, 0.4) is 0 Å². The summed E-state index contributed by atoms with van der Waals surface area (Å²) < 4.78 is 79.2. The van der Waals surface area contributed by atoms with Gasteiger partial charge in [0, 0.05) is 12.1 Å². The first-order valence-electron chi connectivity index (χ1n) is 5.27. The number of alkyl halides is 3. The minimum absolute atomic E-state index is 0.0328. The van der Waals surface area contributed by atoms with Gasteiger partial charge in [0.1, 0.15) is 23.2 Å². The summed E-state index contributed by atoms with van der Waals surface area (Å²) in [4.78, 5) is 0. The van der Waals surface area contributed by atoms with Gasteiger partial charge < -0.3 is 4.74 Å². The summed E-state index contributed by atoms with van der Waals surface area (Å²) in [5.74, 6) is -3.90. The van der Waals surface area contributed by atoms with Gasteiger partial charge in [0.25, 0.3) is 0 Å². The molecule has 0 saturated heterocycles. The third-order valence-electron chi connectivity index (χ3n) is 2.38. The molecule has 0 atom stereocenters. The van der Waals surface area contributed by atoms with Gasteiger partial charge in [0.2, 0.25) is 0 Å². The Labute approximate surface area is 109 Å². The average molecular weight is 292 g/mol. The molecule has 20 heavy (non-hydrogen) atoms. The molecule has 0 spiro atoms. The highest BCUT2D eigenvalue weighted by Gasteiger charge is 2.31. The zero-order valence-corrected chi connectivity index (χ0v) is 9.64. The molecule has 2 aromatic rings. The lowest BCUT2D eigenvalue weighted by molar-refractivity contribution is -0.274. The minimum atomic E-state index is -4.85. The molecule has 7 heteroatoms. The van der Waals surface area contributed by atoms with Crippen molar-refractivity contribution in [3.05, 3.63) is 53.8 Å². The van der Waals surface area contributed by atoms with Crippen LogP contribution in [0.5, 0.6) is 5.75 Å². The van der Waals surface area contributed by atoms with E-state index in [1.54, 1.807) is 0 Å². The number of rotatable bonds is 2. The van der Waals surface area contributed by atoms with E-state index in [0.717, 1.165) is 24.3 Å². The number of halogens is 6. The van der Waals surface area contributed by atoms with E-state index in [4.69, 9.17) is 0 Å². The summed E-state index contributed by atoms with van der Waals surface area (Å²) in [6, 6.07) is 4.87. The molecule has 0 radical (unpaired) electrons. The monoisotopic (exact) mass is 292 g/mol. The van der Waals surface area contributed by atoms with Crippen molar-refractivity contribution in [3.8, 4) is 16.9 Å². The van der Waals surface area contributed by atoms with Crippen molar-refractivity contribution in [1.29, 1.82) is 0 Å². The van der Waals surface area contributed by atoms with Crippen LogP contribution in [0.15, 0.2) is 36.4 Å². The highest BCUT2D eigenvalue weighted by Crippen LogP contribution is 2.30. The fourth-order valence-corrected chi connectivity index (χ4v) is 1.64. The molecule has 0 aliphatic rings. The molecule has 0 bridgehead atoms. The molecule has 0 amide bonds. The quantitative estimate of drug-likeness (QED) is 0.731. The molecule has 1 nitrogen and oxygen atoms in total. The van der Waals surface area contributed by atoms with Gasteiger partial charge in [0.05, 0.1) is 5.56 Å². The molecule has 0 N–H and O–H groups in total. The van der Waals surface area contributed by atoms with Crippen molar-refractivity contribution in [2.75, 3.05) is 0 Å². The van der Waals surface area contributed by atoms with Crippen LogP contribution < -0.4 is 4.74 Å². The van der Waals surface area contributed by atoms with E-state index in [1.165, 1.54) is 0 Å². The van der Waals surface area contributed by atoms with Gasteiger partial charge in [-0.25, -0.2) is 13.2 Å². The van der Waals surface area contributed by atoms with Gasteiger partial charge in [-0.05, 0) is 17.7 Å². The van der Waals surface area contributed by atoms with Crippen LogP contribution in [0, 0.1) is 17.5 Å². The van der Waals surface area contributed by atoms with E-state index in [0.29, 0.717) is 12.1 Å². The van der Waals surface area contributed by atoms with Gasteiger partial charge in [-0.1, -0.05) is 12.1 Å². The Morgan fingerprint density at radius 2 is 1.30 bits per heavy atom. The van der Waals surface area contributed by atoms with Crippen LogP contribution in [0.1, 0.15) is 0 Å². The van der Waals surface area contributed by atoms with E-state index in [1.807, 2.05) is 0 Å². The van der Waals surface area contributed by atoms with E-state index in [9.17, 15) is 26.3 Å². The third-order valence-corrected chi connectivity index (χ3v) is 2.38. The molecule has 0 saturated carbocycles. The van der Waals surface area contributed by atoms with Gasteiger partial charge in [-0.3, -0.25) is 0 Å². The highest BCUT2D eigenvalue weighted by molar-refractivity contribution is 5.65. The first kappa shape index (κ1) is 14.2. The Morgan fingerprint density at radius 3 is 1.75 bits per heavy atom. The Morgan fingerprint density at radius 1 is 0.800 bits per heavy atom. The van der Waals surface area contributed by atoms with Gasteiger partial charge in [0.15, 0.2) is 0 Å². The Hall–Kier alpha value is -2.18. The molecule has 0 aromatic heterocycles. The topological polar surface area (TPSA) is 9.23 Å². The van der Waals surface area contributed by atoms with E-state index in [-0.39, 0.29) is 5.56 Å². The predicted octanol–water partition coefficient (Wildman–Crippen LogP) is 4.67. The van der Waals surface area contributed by atoms with E-state index in [2.05, 4.69) is 4.74 Å². The fraction of sp³-hybridized carbons (Fsp3) is 0.0769. The second-order valence-corrected chi connectivity index (χ2v) is 3.82. The zero-order chi connectivity index (χ0) is 14.9. The summed E-state index contributed by atoms with van der Waals surface area (Å²) >= 11 is 0. The van der Waals surface area contributed by atoms with Crippen molar-refractivity contribution in [2.24, 2.45) is 0 Å². The predicted molar refractivity (Wildman–Crippen MR) is 58.4 cm³/mol. The normalized spacial score (nSPS) is 11.5. The van der Waals surface area contributed by atoms with Crippen molar-refractivity contribution in [1.82, 2.24) is 0 Å². The molecule has 0 fully saturated rings. The zero-order valence-electron chi connectivity index (χ0n) is 9.64. The van der Waals surface area contributed by atoms with Gasteiger partial charge in [-0.15, -0.1) is 13.2 Å². The van der Waals surface area contributed by atoms with Crippen molar-refractivity contribution in [2.45, 2.75) is 6.36 Å². The summed E-state index contributed by atoms with van der Waals surface area (Å²) in [5, 5.41) is 0. The molecule has 0 aliphatic carbocycles. The van der Waals surface area contributed by atoms with Crippen LogP contribution in [0.2, 0.25) is 0 Å². The van der Waals surface area contributed by atoms with Crippen molar-refractivity contribution < 1.29 is 31.1 Å². The van der Waals surface area contributed by atoms with Crippen molar-refractivity contribution >= 4 is 0 Å². The summed E-state index contributed by atoms with van der Waals surface area (Å²) in [5.41, 5.74) is -0.556. The second-order valence-electron chi connectivity index (χ2n) is 3.82. The summed E-state index contributed by atoms with van der Waals surface area (Å²) in [7, 11) is 0. The average Bonchev–Trinajstić information content (AvgIpc) is 2.28. The van der Waals surface area contributed by atoms with Gasteiger partial charge in [-0.2, -0.15) is 0 Å². The van der Waals surface area contributed by atoms with Crippen LogP contribution >= 0.6 is 0 Å². The first-order valence-corrected chi connectivity index (χ1v) is 5.27. The Kier molecular flexibility index (Phi) is 3.61. The van der Waals surface area contributed by atoms with Gasteiger partial charge >= 0.3 is 6.36 Å². The second kappa shape index (κ2) is 5.07. The maximum absolute atomic E-state index is 13.5. The lowest BCUT2D eigenvalue weighted by Gasteiger charge is -2.10. The largest absolute Gasteiger partial charge is 0.573 e. The molecular weight excluding hydrogens is 286 g/mol. The van der Waals surface area contributed by atoms with Crippen molar-refractivity contribution in [3.63, 3.8) is 0 Å². The first-order chi connectivity index (χ1) is 9.26. The minimum Gasteiger partial charge on any atom is -0.406 e.